The van der Waals surface area contributed by atoms with Crippen molar-refractivity contribution in [3.63, 3.8) is 0 Å². The molecule has 2 aromatic rings. The Balaban J connectivity index is 2.69. The van der Waals surface area contributed by atoms with E-state index in [2.05, 4.69) is 25.9 Å². The standard InChI is InChI=1S/C12H8BrClN2O3/c1-5-8(12(18)19)11(17)16-10(15-5)6-3-2-4-7(13)9(6)14/h2-4H,1H3,(H,18,19)(H,15,16,17). The van der Waals surface area contributed by atoms with Crippen LogP contribution in [0.3, 0.4) is 0 Å². The van der Waals surface area contributed by atoms with Gasteiger partial charge in [0.05, 0.1) is 10.7 Å². The van der Waals surface area contributed by atoms with Gasteiger partial charge >= 0.3 is 5.97 Å². The number of carboxylic acid groups (broad SMARTS) is 1. The summed E-state index contributed by atoms with van der Waals surface area (Å²) in [4.78, 5) is 29.2. The average Bonchev–Trinajstić information content (AvgIpc) is 2.31. The third-order valence-electron chi connectivity index (χ3n) is 2.52. The summed E-state index contributed by atoms with van der Waals surface area (Å²) in [5, 5.41) is 9.31. The number of aromatic carboxylic acids is 1. The lowest BCUT2D eigenvalue weighted by Gasteiger charge is -2.07. The molecule has 98 valence electrons. The molecule has 0 radical (unpaired) electrons. The highest BCUT2D eigenvalue weighted by Crippen LogP contribution is 2.31. The van der Waals surface area contributed by atoms with Gasteiger partial charge in [0.15, 0.2) is 0 Å². The molecule has 0 spiro atoms. The van der Waals surface area contributed by atoms with E-state index in [9.17, 15) is 9.59 Å². The minimum Gasteiger partial charge on any atom is -0.477 e. The van der Waals surface area contributed by atoms with Crippen LogP contribution in [0.2, 0.25) is 5.02 Å². The number of H-pyrrole nitrogens is 1. The lowest BCUT2D eigenvalue weighted by molar-refractivity contribution is 0.0693. The van der Waals surface area contributed by atoms with Crippen LogP contribution in [-0.2, 0) is 0 Å². The quantitative estimate of drug-likeness (QED) is 0.878. The Bertz CT molecular complexity index is 727. The van der Waals surface area contributed by atoms with E-state index in [0.29, 0.717) is 15.1 Å². The maximum Gasteiger partial charge on any atom is 0.343 e. The highest BCUT2D eigenvalue weighted by molar-refractivity contribution is 9.10. The fourth-order valence-corrected chi connectivity index (χ4v) is 2.23. The molecule has 0 bridgehead atoms. The summed E-state index contributed by atoms with van der Waals surface area (Å²) in [6, 6.07) is 5.18. The number of aromatic nitrogens is 2. The van der Waals surface area contributed by atoms with Crippen molar-refractivity contribution in [3.05, 3.63) is 49.3 Å². The molecular weight excluding hydrogens is 336 g/mol. The van der Waals surface area contributed by atoms with E-state index >= 15 is 0 Å². The lowest BCUT2D eigenvalue weighted by atomic mass is 10.2. The number of hydrogen-bond donors (Lipinski definition) is 2. The molecule has 0 saturated heterocycles. The molecule has 19 heavy (non-hydrogen) atoms. The van der Waals surface area contributed by atoms with Gasteiger partial charge in [-0.3, -0.25) is 4.79 Å². The van der Waals surface area contributed by atoms with Gasteiger partial charge in [-0.15, -0.1) is 0 Å². The van der Waals surface area contributed by atoms with E-state index in [0.717, 1.165) is 0 Å². The van der Waals surface area contributed by atoms with Gasteiger partial charge in [-0.25, -0.2) is 9.78 Å². The number of benzene rings is 1. The largest absolute Gasteiger partial charge is 0.477 e. The zero-order chi connectivity index (χ0) is 14.2. The summed E-state index contributed by atoms with van der Waals surface area (Å²) < 4.78 is 0.661. The molecule has 2 rings (SSSR count). The van der Waals surface area contributed by atoms with Gasteiger partial charge in [0, 0.05) is 10.0 Å². The minimum atomic E-state index is -1.31. The van der Waals surface area contributed by atoms with Gasteiger partial charge in [-0.1, -0.05) is 17.7 Å². The highest BCUT2D eigenvalue weighted by atomic mass is 79.9. The van der Waals surface area contributed by atoms with Crippen molar-refractivity contribution in [2.75, 3.05) is 0 Å². The average molecular weight is 344 g/mol. The predicted molar refractivity (Wildman–Crippen MR) is 74.7 cm³/mol. The van der Waals surface area contributed by atoms with Crippen LogP contribution in [0.5, 0.6) is 0 Å². The van der Waals surface area contributed by atoms with Crippen molar-refractivity contribution >= 4 is 33.5 Å². The monoisotopic (exact) mass is 342 g/mol. The second-order valence-electron chi connectivity index (χ2n) is 3.78. The van der Waals surface area contributed by atoms with Crippen molar-refractivity contribution in [1.29, 1.82) is 0 Å². The fourth-order valence-electron chi connectivity index (χ4n) is 1.65. The third kappa shape index (κ3) is 2.54. The number of carbonyl (C=O) groups is 1. The number of aryl methyl sites for hydroxylation is 1. The van der Waals surface area contributed by atoms with E-state index < -0.39 is 11.5 Å². The Kier molecular flexibility index (Phi) is 3.73. The van der Waals surface area contributed by atoms with Crippen LogP contribution in [0.1, 0.15) is 16.1 Å². The van der Waals surface area contributed by atoms with Gasteiger partial charge in [0.1, 0.15) is 11.4 Å². The molecular formula is C12H8BrClN2O3. The highest BCUT2D eigenvalue weighted by Gasteiger charge is 2.17. The molecule has 1 aromatic carbocycles. The molecule has 2 N–H and O–H groups in total. The summed E-state index contributed by atoms with van der Waals surface area (Å²) in [5.41, 5.74) is -0.406. The van der Waals surface area contributed by atoms with Gasteiger partial charge < -0.3 is 10.1 Å². The molecule has 0 atom stereocenters. The molecule has 5 nitrogen and oxygen atoms in total. The predicted octanol–water partition coefficient (Wildman–Crippen LogP) is 2.86. The van der Waals surface area contributed by atoms with Crippen LogP contribution >= 0.6 is 27.5 Å². The zero-order valence-electron chi connectivity index (χ0n) is 9.70. The Morgan fingerprint density at radius 1 is 1.47 bits per heavy atom. The minimum absolute atomic E-state index is 0.141. The Hall–Kier alpha value is -1.66. The van der Waals surface area contributed by atoms with E-state index in [-0.39, 0.29) is 17.1 Å². The number of nitrogens with zero attached hydrogens (tertiary/aromatic N) is 1. The van der Waals surface area contributed by atoms with Crippen LogP contribution < -0.4 is 5.56 Å². The van der Waals surface area contributed by atoms with Gasteiger partial charge in [-0.2, -0.15) is 0 Å². The van der Waals surface area contributed by atoms with E-state index in [1.54, 1.807) is 18.2 Å². The second kappa shape index (κ2) is 5.14. The first kappa shape index (κ1) is 13.8. The molecule has 1 heterocycles. The Labute approximate surface area is 121 Å². The topological polar surface area (TPSA) is 83.0 Å². The van der Waals surface area contributed by atoms with E-state index in [1.807, 2.05) is 0 Å². The number of nitrogens with one attached hydrogen (secondary N) is 1. The molecule has 1 aromatic heterocycles. The lowest BCUT2D eigenvalue weighted by Crippen LogP contribution is -2.21. The van der Waals surface area contributed by atoms with Crippen LogP contribution in [0, 0.1) is 6.92 Å². The molecule has 0 unspecified atom stereocenters. The Morgan fingerprint density at radius 2 is 2.16 bits per heavy atom. The van der Waals surface area contributed by atoms with Crippen molar-refractivity contribution < 1.29 is 9.90 Å². The first-order chi connectivity index (χ1) is 8.91. The number of halogens is 2. The van der Waals surface area contributed by atoms with E-state index in [1.165, 1.54) is 6.92 Å². The SMILES string of the molecule is Cc1nc(-c2cccc(Br)c2Cl)[nH]c(=O)c1C(=O)O. The first-order valence-corrected chi connectivity index (χ1v) is 6.37. The number of rotatable bonds is 2. The number of carboxylic acids is 1. The van der Waals surface area contributed by atoms with Crippen LogP contribution in [0.25, 0.3) is 11.4 Å². The van der Waals surface area contributed by atoms with Crippen molar-refractivity contribution in [2.24, 2.45) is 0 Å². The summed E-state index contributed by atoms with van der Waals surface area (Å²) in [6.07, 6.45) is 0. The molecule has 0 aliphatic rings. The first-order valence-electron chi connectivity index (χ1n) is 5.20. The normalized spacial score (nSPS) is 10.5. The van der Waals surface area contributed by atoms with Gasteiger partial charge in [-0.05, 0) is 35.0 Å². The molecule has 7 heteroatoms. The molecule has 0 saturated carbocycles. The molecule has 0 aliphatic carbocycles. The van der Waals surface area contributed by atoms with Crippen LogP contribution in [0.15, 0.2) is 27.5 Å². The Morgan fingerprint density at radius 3 is 2.74 bits per heavy atom. The van der Waals surface area contributed by atoms with Crippen molar-refractivity contribution in [1.82, 2.24) is 9.97 Å². The van der Waals surface area contributed by atoms with E-state index in [4.69, 9.17) is 16.7 Å². The van der Waals surface area contributed by atoms with Crippen molar-refractivity contribution in [3.8, 4) is 11.4 Å². The summed E-state index contributed by atoms with van der Waals surface area (Å²) in [7, 11) is 0. The molecule has 0 amide bonds. The van der Waals surface area contributed by atoms with Crippen LogP contribution in [-0.4, -0.2) is 21.0 Å². The maximum absolute atomic E-state index is 11.7. The summed E-state index contributed by atoms with van der Waals surface area (Å²) in [5.74, 6) is -1.07. The van der Waals surface area contributed by atoms with Crippen LogP contribution in [0.4, 0.5) is 0 Å². The molecule has 0 fully saturated rings. The summed E-state index contributed by atoms with van der Waals surface area (Å²) in [6.45, 7) is 1.47. The zero-order valence-corrected chi connectivity index (χ0v) is 12.0. The summed E-state index contributed by atoms with van der Waals surface area (Å²) >= 11 is 9.38. The molecule has 0 aliphatic heterocycles. The number of hydrogen-bond acceptors (Lipinski definition) is 3. The van der Waals surface area contributed by atoms with Gasteiger partial charge in [0.25, 0.3) is 5.56 Å². The third-order valence-corrected chi connectivity index (χ3v) is 3.82. The van der Waals surface area contributed by atoms with Gasteiger partial charge in [0.2, 0.25) is 0 Å². The second-order valence-corrected chi connectivity index (χ2v) is 5.01. The number of aromatic amines is 1. The smallest absolute Gasteiger partial charge is 0.343 e. The van der Waals surface area contributed by atoms with Crippen molar-refractivity contribution in [2.45, 2.75) is 6.92 Å². The maximum atomic E-state index is 11.7. The fraction of sp³-hybridized carbons (Fsp3) is 0.0833.